The fourth-order valence-corrected chi connectivity index (χ4v) is 5.10. The van der Waals surface area contributed by atoms with Gasteiger partial charge >= 0.3 is 0 Å². The van der Waals surface area contributed by atoms with Crippen LogP contribution in [0.1, 0.15) is 17.9 Å². The average molecular weight is 462 g/mol. The van der Waals surface area contributed by atoms with Crippen LogP contribution in [0.25, 0.3) is 0 Å². The van der Waals surface area contributed by atoms with Crippen LogP contribution in [0.2, 0.25) is 0 Å². The van der Waals surface area contributed by atoms with Crippen molar-refractivity contribution in [2.45, 2.75) is 22.1 Å². The predicted octanol–water partition coefficient (Wildman–Crippen LogP) is 4.67. The van der Waals surface area contributed by atoms with E-state index in [9.17, 15) is 19.1 Å². The molecule has 0 spiro atoms. The fraction of sp³-hybridized carbons (Fsp3) is 0.217. The molecule has 8 heteroatoms. The van der Waals surface area contributed by atoms with Gasteiger partial charge in [-0.05, 0) is 42.3 Å². The summed E-state index contributed by atoms with van der Waals surface area (Å²) in [6.07, 6.45) is 3.19. The summed E-state index contributed by atoms with van der Waals surface area (Å²) < 4.78 is 18.5. The number of carbonyl (C=O) groups is 2. The van der Waals surface area contributed by atoms with Crippen LogP contribution in [0.15, 0.2) is 66.8 Å². The lowest BCUT2D eigenvalue weighted by Crippen LogP contribution is -2.54. The number of amides is 2. The monoisotopic (exact) mass is 461 g/mol. The quantitative estimate of drug-likeness (QED) is 0.530. The Kier molecular flexibility index (Phi) is 5.10. The number of aromatic hydroxyl groups is 1. The number of phenolic OH excluding ortho intramolecular Hbond substituents is 1. The number of imide groups is 1. The first-order chi connectivity index (χ1) is 14.7. The molecule has 31 heavy (non-hydrogen) atoms. The van der Waals surface area contributed by atoms with Crippen LogP contribution in [-0.2, 0) is 9.59 Å². The van der Waals surface area contributed by atoms with E-state index in [1.54, 1.807) is 18.2 Å². The van der Waals surface area contributed by atoms with E-state index in [4.69, 9.17) is 27.9 Å². The molecule has 1 N–H and O–H groups in total. The van der Waals surface area contributed by atoms with Crippen molar-refractivity contribution in [3.63, 3.8) is 0 Å². The lowest BCUT2D eigenvalue weighted by Gasteiger charge is -2.42. The number of phenols is 1. The van der Waals surface area contributed by atoms with Crippen molar-refractivity contribution in [2.75, 3.05) is 12.0 Å². The molecule has 0 unspecified atom stereocenters. The van der Waals surface area contributed by atoms with E-state index >= 15 is 0 Å². The molecule has 2 aliphatic rings. The van der Waals surface area contributed by atoms with Crippen LogP contribution >= 0.6 is 23.2 Å². The SMILES string of the molecule is C=CC1=CC[C@@]2(Cl)C(=O)N(c3ccc(F)cc3)C(=O)[C@@]2(Cl)[C@H]1c1ccc(OC)cc1O. The van der Waals surface area contributed by atoms with E-state index in [1.807, 2.05) is 0 Å². The number of halogens is 3. The molecular formula is C23H18Cl2FNO4. The third kappa shape index (κ3) is 2.89. The van der Waals surface area contributed by atoms with Crippen LogP contribution in [0.5, 0.6) is 11.5 Å². The zero-order chi connectivity index (χ0) is 22.6. The minimum Gasteiger partial charge on any atom is -0.508 e. The molecule has 1 fully saturated rings. The Bertz CT molecular complexity index is 1130. The van der Waals surface area contributed by atoms with Crippen molar-refractivity contribution in [1.29, 1.82) is 0 Å². The van der Waals surface area contributed by atoms with Gasteiger partial charge in [0.15, 0.2) is 9.75 Å². The Balaban J connectivity index is 1.92. The highest BCUT2D eigenvalue weighted by Crippen LogP contribution is 2.60. The number of anilines is 1. The molecule has 2 aromatic rings. The van der Waals surface area contributed by atoms with Gasteiger partial charge in [0.05, 0.1) is 12.8 Å². The van der Waals surface area contributed by atoms with Gasteiger partial charge in [-0.25, -0.2) is 9.29 Å². The smallest absolute Gasteiger partial charge is 0.258 e. The van der Waals surface area contributed by atoms with Crippen molar-refractivity contribution in [3.8, 4) is 11.5 Å². The molecule has 1 saturated heterocycles. The van der Waals surface area contributed by atoms with Crippen molar-refractivity contribution >= 4 is 40.7 Å². The van der Waals surface area contributed by atoms with Crippen LogP contribution in [0.3, 0.4) is 0 Å². The number of hydrogen-bond acceptors (Lipinski definition) is 4. The first kappa shape index (κ1) is 21.4. The van der Waals surface area contributed by atoms with E-state index in [2.05, 4.69) is 6.58 Å². The summed E-state index contributed by atoms with van der Waals surface area (Å²) in [6, 6.07) is 9.47. The molecule has 4 rings (SSSR count). The van der Waals surface area contributed by atoms with Gasteiger partial charge in [0.1, 0.15) is 17.3 Å². The normalized spacial score (nSPS) is 27.7. The Morgan fingerprint density at radius 2 is 1.87 bits per heavy atom. The summed E-state index contributed by atoms with van der Waals surface area (Å²) in [7, 11) is 1.46. The third-order valence-corrected chi connectivity index (χ3v) is 7.27. The van der Waals surface area contributed by atoms with E-state index < -0.39 is 33.3 Å². The minimum atomic E-state index is -1.95. The van der Waals surface area contributed by atoms with Gasteiger partial charge in [-0.1, -0.05) is 24.8 Å². The van der Waals surface area contributed by atoms with Crippen LogP contribution in [0, 0.1) is 5.82 Å². The average Bonchev–Trinajstić information content (AvgIpc) is 2.91. The number of allylic oxidation sites excluding steroid dienone is 3. The maximum Gasteiger partial charge on any atom is 0.258 e. The Morgan fingerprint density at radius 1 is 1.19 bits per heavy atom. The molecular weight excluding hydrogens is 444 g/mol. The standard InChI is InChI=1S/C23H18Cl2FNO4/c1-3-13-10-11-22(24)20(29)27(15-6-4-14(26)5-7-15)21(30)23(22,25)19(13)17-9-8-16(31-2)12-18(17)28/h3-10,12,19,28H,1,11H2,2H3/t19-,22-,23+/m1/s1. The molecule has 2 aromatic carbocycles. The molecule has 2 amide bonds. The van der Waals surface area contributed by atoms with Gasteiger partial charge in [0.2, 0.25) is 0 Å². The van der Waals surface area contributed by atoms with Gasteiger partial charge in [-0.2, -0.15) is 0 Å². The number of nitrogens with zero attached hydrogens (tertiary/aromatic N) is 1. The van der Waals surface area contributed by atoms with E-state index in [0.29, 0.717) is 16.9 Å². The van der Waals surface area contributed by atoms with Gasteiger partial charge in [-0.3, -0.25) is 9.59 Å². The molecule has 0 bridgehead atoms. The summed E-state index contributed by atoms with van der Waals surface area (Å²) >= 11 is 13.8. The molecule has 1 aliphatic heterocycles. The van der Waals surface area contributed by atoms with Crippen molar-refractivity contribution in [2.24, 2.45) is 0 Å². The summed E-state index contributed by atoms with van der Waals surface area (Å²) in [4.78, 5) is 24.2. The number of alkyl halides is 2. The van der Waals surface area contributed by atoms with Crippen LogP contribution in [-0.4, -0.2) is 33.8 Å². The van der Waals surface area contributed by atoms with Crippen molar-refractivity contribution in [3.05, 3.63) is 78.1 Å². The highest BCUT2D eigenvalue weighted by atomic mass is 35.5. The van der Waals surface area contributed by atoms with Crippen LogP contribution in [0.4, 0.5) is 10.1 Å². The second-order valence-electron chi connectivity index (χ2n) is 7.41. The molecule has 160 valence electrons. The molecule has 0 radical (unpaired) electrons. The lowest BCUT2D eigenvalue weighted by molar-refractivity contribution is -0.122. The molecule has 3 atom stereocenters. The summed E-state index contributed by atoms with van der Waals surface area (Å²) in [6.45, 7) is 3.79. The third-order valence-electron chi connectivity index (χ3n) is 5.85. The highest BCUT2D eigenvalue weighted by molar-refractivity contribution is 6.58. The number of rotatable bonds is 4. The number of benzene rings is 2. The second kappa shape index (κ2) is 7.39. The van der Waals surface area contributed by atoms with Crippen molar-refractivity contribution in [1.82, 2.24) is 0 Å². The zero-order valence-corrected chi connectivity index (χ0v) is 18.0. The zero-order valence-electron chi connectivity index (χ0n) is 16.4. The van der Waals surface area contributed by atoms with Gasteiger partial charge in [-0.15, -0.1) is 23.2 Å². The summed E-state index contributed by atoms with van der Waals surface area (Å²) in [5.41, 5.74) is 1.01. The minimum absolute atomic E-state index is 0.0188. The van der Waals surface area contributed by atoms with Crippen LogP contribution < -0.4 is 9.64 Å². The lowest BCUT2D eigenvalue weighted by atomic mass is 9.68. The first-order valence-electron chi connectivity index (χ1n) is 9.40. The van der Waals surface area contributed by atoms with Gasteiger partial charge in [0.25, 0.3) is 11.8 Å². The number of fused-ring (bicyclic) bond motifs is 1. The Morgan fingerprint density at radius 3 is 2.45 bits per heavy atom. The summed E-state index contributed by atoms with van der Waals surface area (Å²) in [5, 5.41) is 10.7. The maximum absolute atomic E-state index is 13.7. The number of ether oxygens (including phenoxy) is 1. The molecule has 1 aliphatic carbocycles. The topological polar surface area (TPSA) is 66.8 Å². The summed E-state index contributed by atoms with van der Waals surface area (Å²) in [5.74, 6) is -2.71. The van der Waals surface area contributed by atoms with Crippen molar-refractivity contribution < 1.29 is 23.8 Å². The van der Waals surface area contributed by atoms with Gasteiger partial charge < -0.3 is 9.84 Å². The molecule has 0 aromatic heterocycles. The first-order valence-corrected chi connectivity index (χ1v) is 10.2. The van der Waals surface area contributed by atoms with E-state index in [-0.39, 0.29) is 17.9 Å². The number of methoxy groups -OCH3 is 1. The highest BCUT2D eigenvalue weighted by Gasteiger charge is 2.73. The molecule has 5 nitrogen and oxygen atoms in total. The number of hydrogen-bond donors (Lipinski definition) is 1. The second-order valence-corrected chi connectivity index (χ2v) is 8.65. The molecule has 0 saturated carbocycles. The van der Waals surface area contributed by atoms with E-state index in [0.717, 1.165) is 17.0 Å². The molecule has 1 heterocycles. The fourth-order valence-electron chi connectivity index (χ4n) is 4.27. The Labute approximate surface area is 188 Å². The maximum atomic E-state index is 13.7. The largest absolute Gasteiger partial charge is 0.508 e. The van der Waals surface area contributed by atoms with E-state index in [1.165, 1.54) is 31.4 Å². The predicted molar refractivity (Wildman–Crippen MR) is 116 cm³/mol. The number of carbonyl (C=O) groups excluding carboxylic acids is 2. The Hall–Kier alpha value is -2.83. The van der Waals surface area contributed by atoms with Gasteiger partial charge in [0, 0.05) is 17.5 Å².